The molecule has 0 atom stereocenters. The zero-order chi connectivity index (χ0) is 13.1. The molecule has 1 aromatic carbocycles. The molecule has 0 spiro atoms. The third-order valence-corrected chi connectivity index (χ3v) is 3.45. The van der Waals surface area contributed by atoms with Crippen LogP contribution in [-0.4, -0.2) is 20.3 Å². The maximum atomic E-state index is 7.30. The van der Waals surface area contributed by atoms with Gasteiger partial charge >= 0.3 is 0 Å². The molecule has 6 N–H and O–H groups in total. The predicted molar refractivity (Wildman–Crippen MR) is 75.1 cm³/mol. The van der Waals surface area contributed by atoms with E-state index in [0.717, 1.165) is 23.5 Å². The number of nitrogens with two attached hydrogens (primary N) is 2. The van der Waals surface area contributed by atoms with Crippen LogP contribution in [-0.2, 0) is 0 Å². The maximum absolute atomic E-state index is 7.30. The van der Waals surface area contributed by atoms with Crippen LogP contribution in [0.4, 0.5) is 0 Å². The first-order chi connectivity index (χ1) is 8.56. The number of nitrogens with one attached hydrogen (secondary N) is 2. The van der Waals surface area contributed by atoms with E-state index in [1.54, 1.807) is 0 Å². The van der Waals surface area contributed by atoms with E-state index in [2.05, 4.69) is 9.97 Å². The topological polar surface area (TPSA) is 126 Å². The Hall–Kier alpha value is -1.80. The van der Waals surface area contributed by atoms with Gasteiger partial charge in [-0.15, -0.1) is 0 Å². The summed E-state index contributed by atoms with van der Waals surface area (Å²) in [6.45, 7) is 0. The molecule has 0 aliphatic carbocycles. The van der Waals surface area contributed by atoms with Gasteiger partial charge in [-0.25, -0.2) is 9.97 Å². The number of rotatable bonds is 2. The van der Waals surface area contributed by atoms with Crippen molar-refractivity contribution in [3.63, 3.8) is 0 Å². The van der Waals surface area contributed by atoms with Gasteiger partial charge < -0.3 is 11.5 Å². The van der Waals surface area contributed by atoms with Crippen molar-refractivity contribution in [2.45, 2.75) is 10.1 Å². The zero-order valence-electron chi connectivity index (χ0n) is 9.18. The first-order valence-electron chi connectivity index (χ1n) is 4.87. The number of amidine groups is 2. The van der Waals surface area contributed by atoms with Crippen LogP contribution >= 0.6 is 23.5 Å². The van der Waals surface area contributed by atoms with E-state index < -0.39 is 0 Å². The fourth-order valence-electron chi connectivity index (χ4n) is 1.31. The Kier molecular flexibility index (Phi) is 3.68. The van der Waals surface area contributed by atoms with Crippen molar-refractivity contribution in [2.75, 3.05) is 0 Å². The second-order valence-corrected chi connectivity index (χ2v) is 5.32. The summed E-state index contributed by atoms with van der Waals surface area (Å²) in [5, 5.41) is 15.4. The number of thioether (sulfide) groups is 2. The quantitative estimate of drug-likeness (QED) is 0.375. The molecule has 0 saturated carbocycles. The summed E-state index contributed by atoms with van der Waals surface area (Å²) < 4.78 is 0. The molecular weight excluding hydrogens is 268 g/mol. The monoisotopic (exact) mass is 278 g/mol. The molecule has 0 unspecified atom stereocenters. The molecule has 1 heterocycles. The molecule has 0 aliphatic rings. The lowest BCUT2D eigenvalue weighted by Crippen LogP contribution is -2.08. The molecular formula is C10H10N6S2. The molecule has 6 nitrogen and oxygen atoms in total. The highest BCUT2D eigenvalue weighted by atomic mass is 32.2. The summed E-state index contributed by atoms with van der Waals surface area (Å²) in [4.78, 5) is 8.75. The number of benzene rings is 1. The van der Waals surface area contributed by atoms with Crippen molar-refractivity contribution in [1.29, 1.82) is 10.8 Å². The van der Waals surface area contributed by atoms with Crippen molar-refractivity contribution in [3.05, 3.63) is 24.3 Å². The maximum Gasteiger partial charge on any atom is 0.157 e. The van der Waals surface area contributed by atoms with Gasteiger partial charge in [-0.2, -0.15) is 0 Å². The molecule has 0 aliphatic heterocycles. The van der Waals surface area contributed by atoms with E-state index in [0.29, 0.717) is 21.1 Å². The normalized spacial score (nSPS) is 10.4. The Bertz CT molecular complexity index is 572. The Labute approximate surface area is 112 Å². The standard InChI is InChI=1S/C10H10N6S2/c11-9(12)17-7-8(18-10(13)14)16-6-4-2-1-3-5(6)15-7/h1-4H,(H3,11,12)(H3,13,14). The highest BCUT2D eigenvalue weighted by Crippen LogP contribution is 2.29. The van der Waals surface area contributed by atoms with Gasteiger partial charge in [0.1, 0.15) is 10.1 Å². The van der Waals surface area contributed by atoms with Gasteiger partial charge in [0.25, 0.3) is 0 Å². The van der Waals surface area contributed by atoms with Crippen LogP contribution in [0.1, 0.15) is 0 Å². The van der Waals surface area contributed by atoms with Gasteiger partial charge in [-0.3, -0.25) is 10.8 Å². The van der Waals surface area contributed by atoms with Crippen molar-refractivity contribution < 1.29 is 0 Å². The van der Waals surface area contributed by atoms with E-state index in [4.69, 9.17) is 22.3 Å². The minimum atomic E-state index is -0.0787. The molecule has 0 saturated heterocycles. The number of aromatic nitrogens is 2. The largest absolute Gasteiger partial charge is 0.378 e. The van der Waals surface area contributed by atoms with Crippen molar-refractivity contribution in [2.24, 2.45) is 11.5 Å². The fourth-order valence-corrected chi connectivity index (χ4v) is 2.53. The van der Waals surface area contributed by atoms with E-state index in [1.807, 2.05) is 24.3 Å². The van der Waals surface area contributed by atoms with E-state index in [1.165, 1.54) is 0 Å². The first-order valence-corrected chi connectivity index (χ1v) is 6.50. The average Bonchev–Trinajstić information content (AvgIpc) is 2.28. The van der Waals surface area contributed by atoms with Gasteiger partial charge in [0.15, 0.2) is 10.3 Å². The van der Waals surface area contributed by atoms with E-state index in [-0.39, 0.29) is 10.3 Å². The fraction of sp³-hybridized carbons (Fsp3) is 0. The second kappa shape index (κ2) is 5.23. The van der Waals surface area contributed by atoms with Gasteiger partial charge in [-0.05, 0) is 35.7 Å². The highest BCUT2D eigenvalue weighted by molar-refractivity contribution is 8.16. The lowest BCUT2D eigenvalue weighted by molar-refractivity contribution is 0.976. The van der Waals surface area contributed by atoms with Gasteiger partial charge in [-0.1, -0.05) is 12.1 Å². The second-order valence-electron chi connectivity index (χ2n) is 3.26. The first kappa shape index (κ1) is 12.7. The number of fused-ring (bicyclic) bond motifs is 1. The smallest absolute Gasteiger partial charge is 0.157 e. The third kappa shape index (κ3) is 2.90. The SMILES string of the molecule is N=C(N)Sc1nc2ccccc2nc1SC(=N)N. The number of nitrogens with zero attached hydrogens (tertiary/aromatic N) is 2. The summed E-state index contributed by atoms with van der Waals surface area (Å²) in [6, 6.07) is 7.37. The number of hydrogen-bond donors (Lipinski definition) is 4. The average molecular weight is 278 g/mol. The van der Waals surface area contributed by atoms with Crippen molar-refractivity contribution in [1.82, 2.24) is 9.97 Å². The van der Waals surface area contributed by atoms with Crippen LogP contribution < -0.4 is 11.5 Å². The molecule has 2 aromatic rings. The molecule has 0 fully saturated rings. The molecule has 2 rings (SSSR count). The minimum Gasteiger partial charge on any atom is -0.378 e. The number of hydrogen-bond acceptors (Lipinski definition) is 6. The Morgan fingerprint density at radius 2 is 1.28 bits per heavy atom. The van der Waals surface area contributed by atoms with Gasteiger partial charge in [0.05, 0.1) is 11.0 Å². The summed E-state index contributed by atoms with van der Waals surface area (Å²) in [5.74, 6) is 0. The van der Waals surface area contributed by atoms with Gasteiger partial charge in [0, 0.05) is 0 Å². The summed E-state index contributed by atoms with van der Waals surface area (Å²) >= 11 is 1.99. The summed E-state index contributed by atoms with van der Waals surface area (Å²) in [7, 11) is 0. The lowest BCUT2D eigenvalue weighted by Gasteiger charge is -2.07. The van der Waals surface area contributed by atoms with Gasteiger partial charge in [0.2, 0.25) is 0 Å². The van der Waals surface area contributed by atoms with Crippen molar-refractivity contribution >= 4 is 44.9 Å². The predicted octanol–water partition coefficient (Wildman–Crippen LogP) is 1.60. The molecule has 8 heteroatoms. The molecule has 0 radical (unpaired) electrons. The Morgan fingerprint density at radius 3 is 1.61 bits per heavy atom. The third-order valence-electron chi connectivity index (χ3n) is 1.92. The summed E-state index contributed by atoms with van der Waals surface area (Å²) in [6.07, 6.45) is 0. The Morgan fingerprint density at radius 1 is 0.889 bits per heavy atom. The zero-order valence-corrected chi connectivity index (χ0v) is 10.8. The molecule has 0 bridgehead atoms. The van der Waals surface area contributed by atoms with Crippen LogP contribution in [0.5, 0.6) is 0 Å². The molecule has 0 amide bonds. The molecule has 18 heavy (non-hydrogen) atoms. The van der Waals surface area contributed by atoms with Crippen LogP contribution in [0.2, 0.25) is 0 Å². The highest BCUT2D eigenvalue weighted by Gasteiger charge is 2.12. The summed E-state index contributed by atoms with van der Waals surface area (Å²) in [5.41, 5.74) is 12.1. The van der Waals surface area contributed by atoms with Crippen LogP contribution in [0, 0.1) is 10.8 Å². The number of para-hydroxylation sites is 2. The Balaban J connectivity index is 2.55. The van der Waals surface area contributed by atoms with Crippen molar-refractivity contribution in [3.8, 4) is 0 Å². The van der Waals surface area contributed by atoms with E-state index in [9.17, 15) is 0 Å². The van der Waals surface area contributed by atoms with Crippen LogP contribution in [0.15, 0.2) is 34.3 Å². The molecule has 1 aromatic heterocycles. The lowest BCUT2D eigenvalue weighted by atomic mass is 10.3. The van der Waals surface area contributed by atoms with E-state index >= 15 is 0 Å². The van der Waals surface area contributed by atoms with Crippen LogP contribution in [0.3, 0.4) is 0 Å². The van der Waals surface area contributed by atoms with Crippen LogP contribution in [0.25, 0.3) is 11.0 Å². The molecule has 92 valence electrons. The minimum absolute atomic E-state index is 0.0787.